The Morgan fingerprint density at radius 2 is 2.10 bits per heavy atom. The molecular weight excluding hydrogens is 128 g/mol. The van der Waals surface area contributed by atoms with Crippen LogP contribution < -0.4 is 0 Å². The van der Waals surface area contributed by atoms with E-state index in [4.69, 9.17) is 5.11 Å². The molecule has 2 nitrogen and oxygen atoms in total. The van der Waals surface area contributed by atoms with Gasteiger partial charge in [0.1, 0.15) is 5.60 Å². The molecule has 0 radical (unpaired) electrons. The summed E-state index contributed by atoms with van der Waals surface area (Å²) in [6.45, 7) is 6.79. The summed E-state index contributed by atoms with van der Waals surface area (Å²) < 4.78 is 0. The molecule has 0 aliphatic rings. The third-order valence-electron chi connectivity index (χ3n) is 1.15. The first-order valence-electron chi connectivity index (χ1n) is 3.17. The van der Waals surface area contributed by atoms with Gasteiger partial charge in [0.25, 0.3) is 0 Å². The molecule has 2 heteroatoms. The van der Waals surface area contributed by atoms with Gasteiger partial charge in [-0.1, -0.05) is 18.2 Å². The van der Waals surface area contributed by atoms with E-state index in [0.29, 0.717) is 0 Å². The SMILES string of the molecule is C=CC(O)(C=C(C)C)CO. The average molecular weight is 142 g/mol. The van der Waals surface area contributed by atoms with Gasteiger partial charge in [0.05, 0.1) is 6.61 Å². The Morgan fingerprint density at radius 3 is 2.20 bits per heavy atom. The van der Waals surface area contributed by atoms with Crippen LogP contribution in [-0.4, -0.2) is 22.4 Å². The van der Waals surface area contributed by atoms with E-state index in [2.05, 4.69) is 6.58 Å². The van der Waals surface area contributed by atoms with E-state index in [1.54, 1.807) is 6.08 Å². The zero-order valence-corrected chi connectivity index (χ0v) is 6.46. The van der Waals surface area contributed by atoms with Gasteiger partial charge in [-0.15, -0.1) is 0 Å². The minimum absolute atomic E-state index is 0.318. The summed E-state index contributed by atoms with van der Waals surface area (Å²) in [6, 6.07) is 0. The highest BCUT2D eigenvalue weighted by molar-refractivity contribution is 5.14. The first-order valence-corrected chi connectivity index (χ1v) is 3.17. The Morgan fingerprint density at radius 1 is 1.60 bits per heavy atom. The van der Waals surface area contributed by atoms with Crippen LogP contribution in [0.5, 0.6) is 0 Å². The predicted octanol–water partition coefficient (Wildman–Crippen LogP) is 0.862. The topological polar surface area (TPSA) is 40.5 Å². The van der Waals surface area contributed by atoms with Crippen LogP contribution in [0.4, 0.5) is 0 Å². The minimum atomic E-state index is -1.24. The molecule has 0 fully saturated rings. The molecule has 0 aromatic heterocycles. The van der Waals surface area contributed by atoms with Gasteiger partial charge < -0.3 is 10.2 Å². The fourth-order valence-electron chi connectivity index (χ4n) is 0.669. The molecule has 0 heterocycles. The maximum absolute atomic E-state index is 9.35. The van der Waals surface area contributed by atoms with Crippen LogP contribution >= 0.6 is 0 Å². The van der Waals surface area contributed by atoms with E-state index < -0.39 is 5.60 Å². The van der Waals surface area contributed by atoms with E-state index in [1.807, 2.05) is 13.8 Å². The zero-order chi connectivity index (χ0) is 8.20. The standard InChI is InChI=1S/C8H14O2/c1-4-8(10,6-9)5-7(2)3/h4-5,9-10H,1,6H2,2-3H3. The average Bonchev–Trinajstić information content (AvgIpc) is 1.87. The molecule has 1 atom stereocenters. The van der Waals surface area contributed by atoms with Crippen LogP contribution in [-0.2, 0) is 0 Å². The number of hydrogen-bond donors (Lipinski definition) is 2. The van der Waals surface area contributed by atoms with E-state index in [1.165, 1.54) is 6.08 Å². The maximum atomic E-state index is 9.35. The van der Waals surface area contributed by atoms with Crippen LogP contribution in [0.15, 0.2) is 24.3 Å². The Kier molecular flexibility index (Phi) is 3.33. The van der Waals surface area contributed by atoms with Crippen LogP contribution in [0.3, 0.4) is 0 Å². The fraction of sp³-hybridized carbons (Fsp3) is 0.500. The molecule has 10 heavy (non-hydrogen) atoms. The molecule has 1 unspecified atom stereocenters. The molecule has 0 bridgehead atoms. The Hall–Kier alpha value is -0.600. The van der Waals surface area contributed by atoms with Crippen molar-refractivity contribution in [1.82, 2.24) is 0 Å². The number of rotatable bonds is 3. The van der Waals surface area contributed by atoms with Gasteiger partial charge in [-0.2, -0.15) is 0 Å². The van der Waals surface area contributed by atoms with Crippen molar-refractivity contribution in [3.63, 3.8) is 0 Å². The first-order chi connectivity index (χ1) is 4.54. The van der Waals surface area contributed by atoms with Crippen molar-refractivity contribution < 1.29 is 10.2 Å². The molecular formula is C8H14O2. The lowest BCUT2D eigenvalue weighted by Crippen LogP contribution is -2.27. The molecule has 2 N–H and O–H groups in total. The molecule has 0 amide bonds. The van der Waals surface area contributed by atoms with Crippen molar-refractivity contribution in [2.45, 2.75) is 19.4 Å². The van der Waals surface area contributed by atoms with E-state index >= 15 is 0 Å². The third-order valence-corrected chi connectivity index (χ3v) is 1.15. The summed E-state index contributed by atoms with van der Waals surface area (Å²) in [7, 11) is 0. The van der Waals surface area contributed by atoms with E-state index in [9.17, 15) is 5.11 Å². The third kappa shape index (κ3) is 2.80. The van der Waals surface area contributed by atoms with Crippen molar-refractivity contribution in [3.05, 3.63) is 24.3 Å². The second-order valence-electron chi connectivity index (χ2n) is 2.58. The second-order valence-corrected chi connectivity index (χ2v) is 2.58. The highest BCUT2D eigenvalue weighted by Gasteiger charge is 2.16. The number of allylic oxidation sites excluding steroid dienone is 1. The Bertz CT molecular complexity index is 145. The van der Waals surface area contributed by atoms with E-state index in [0.717, 1.165) is 5.57 Å². The predicted molar refractivity (Wildman–Crippen MR) is 41.7 cm³/mol. The summed E-state index contributed by atoms with van der Waals surface area (Å²) in [4.78, 5) is 0. The van der Waals surface area contributed by atoms with Gasteiger partial charge in [-0.05, 0) is 19.9 Å². The largest absolute Gasteiger partial charge is 0.393 e. The molecule has 0 aromatic rings. The monoisotopic (exact) mass is 142 g/mol. The number of hydrogen-bond acceptors (Lipinski definition) is 2. The summed E-state index contributed by atoms with van der Waals surface area (Å²) >= 11 is 0. The molecule has 0 aromatic carbocycles. The Balaban J connectivity index is 4.34. The quantitative estimate of drug-likeness (QED) is 0.574. The zero-order valence-electron chi connectivity index (χ0n) is 6.46. The van der Waals surface area contributed by atoms with Crippen molar-refractivity contribution in [2.24, 2.45) is 0 Å². The molecule has 0 saturated carbocycles. The van der Waals surface area contributed by atoms with Gasteiger partial charge in [-0.3, -0.25) is 0 Å². The van der Waals surface area contributed by atoms with Gasteiger partial charge >= 0.3 is 0 Å². The van der Waals surface area contributed by atoms with Crippen molar-refractivity contribution in [3.8, 4) is 0 Å². The summed E-state index contributed by atoms with van der Waals surface area (Å²) in [6.07, 6.45) is 2.89. The minimum Gasteiger partial charge on any atom is -0.393 e. The van der Waals surface area contributed by atoms with Crippen LogP contribution in [0.25, 0.3) is 0 Å². The molecule has 58 valence electrons. The second kappa shape index (κ2) is 3.54. The molecule has 0 rings (SSSR count). The molecule has 0 spiro atoms. The van der Waals surface area contributed by atoms with Crippen molar-refractivity contribution in [2.75, 3.05) is 6.61 Å². The lowest BCUT2D eigenvalue weighted by atomic mass is 10.0. The van der Waals surface area contributed by atoms with Crippen LogP contribution in [0.2, 0.25) is 0 Å². The molecule has 0 aliphatic carbocycles. The van der Waals surface area contributed by atoms with Crippen LogP contribution in [0, 0.1) is 0 Å². The van der Waals surface area contributed by atoms with Crippen molar-refractivity contribution in [1.29, 1.82) is 0 Å². The number of aliphatic hydroxyl groups is 2. The van der Waals surface area contributed by atoms with Gasteiger partial charge in [0.15, 0.2) is 0 Å². The normalized spacial score (nSPS) is 15.6. The van der Waals surface area contributed by atoms with Crippen molar-refractivity contribution >= 4 is 0 Å². The van der Waals surface area contributed by atoms with Gasteiger partial charge in [-0.25, -0.2) is 0 Å². The molecule has 0 saturated heterocycles. The highest BCUT2D eigenvalue weighted by atomic mass is 16.3. The van der Waals surface area contributed by atoms with Crippen LogP contribution in [0.1, 0.15) is 13.8 Å². The fourth-order valence-corrected chi connectivity index (χ4v) is 0.669. The lowest BCUT2D eigenvalue weighted by molar-refractivity contribution is 0.0676. The summed E-state index contributed by atoms with van der Waals surface area (Å²) in [5, 5.41) is 18.0. The first kappa shape index (κ1) is 9.40. The number of aliphatic hydroxyl groups excluding tert-OH is 1. The summed E-state index contributed by atoms with van der Waals surface area (Å²) in [5.41, 5.74) is -0.282. The van der Waals surface area contributed by atoms with E-state index in [-0.39, 0.29) is 6.61 Å². The smallest absolute Gasteiger partial charge is 0.124 e. The van der Waals surface area contributed by atoms with Gasteiger partial charge in [0, 0.05) is 0 Å². The lowest BCUT2D eigenvalue weighted by Gasteiger charge is -2.16. The maximum Gasteiger partial charge on any atom is 0.124 e. The molecule has 0 aliphatic heterocycles. The van der Waals surface area contributed by atoms with Gasteiger partial charge in [0.2, 0.25) is 0 Å². The highest BCUT2D eigenvalue weighted by Crippen LogP contribution is 2.09. The Labute approximate surface area is 61.5 Å². The summed E-state index contributed by atoms with van der Waals surface area (Å²) in [5.74, 6) is 0.